The van der Waals surface area contributed by atoms with Crippen molar-refractivity contribution in [2.75, 3.05) is 60.0 Å². The van der Waals surface area contributed by atoms with E-state index in [2.05, 4.69) is 40.7 Å². The van der Waals surface area contributed by atoms with Crippen LogP contribution in [0, 0.1) is 0 Å². The van der Waals surface area contributed by atoms with Crippen LogP contribution in [0.4, 0.5) is 0 Å². The molecule has 0 aromatic carbocycles. The Labute approximate surface area is 124 Å². The second-order valence-electron chi connectivity index (χ2n) is 5.22. The van der Waals surface area contributed by atoms with Crippen LogP contribution in [0.1, 0.15) is 33.1 Å². The highest BCUT2D eigenvalue weighted by molar-refractivity contribution is 5.69. The number of carbonyl (C=O) groups excluding carboxylic acids is 1. The monoisotopic (exact) mass is 287 g/mol. The van der Waals surface area contributed by atoms with Gasteiger partial charge in [-0.3, -0.25) is 4.79 Å². The lowest BCUT2D eigenvalue weighted by Gasteiger charge is -2.24. The van der Waals surface area contributed by atoms with Gasteiger partial charge in [0, 0.05) is 32.7 Å². The summed E-state index contributed by atoms with van der Waals surface area (Å²) >= 11 is 0. The fraction of sp³-hybridized carbons (Fsp3) is 0.933. The third-order valence-corrected chi connectivity index (χ3v) is 3.28. The molecule has 1 N–H and O–H groups in total. The number of hydrogen-bond acceptors (Lipinski definition) is 5. The molecule has 0 bridgehead atoms. The van der Waals surface area contributed by atoms with Gasteiger partial charge in [-0.2, -0.15) is 0 Å². The molecule has 0 amide bonds. The molecule has 0 fully saturated rings. The third kappa shape index (κ3) is 11.2. The number of rotatable bonds is 13. The molecular weight excluding hydrogens is 254 g/mol. The van der Waals surface area contributed by atoms with Gasteiger partial charge in [-0.1, -0.05) is 13.8 Å². The Balaban J connectivity index is 3.56. The van der Waals surface area contributed by atoms with E-state index in [0.29, 0.717) is 13.0 Å². The maximum atomic E-state index is 10.9. The summed E-state index contributed by atoms with van der Waals surface area (Å²) in [6.07, 6.45) is 2.89. The molecular formula is C15H33N3O2. The molecule has 0 saturated heterocycles. The van der Waals surface area contributed by atoms with Crippen LogP contribution in [0.2, 0.25) is 0 Å². The van der Waals surface area contributed by atoms with E-state index in [4.69, 9.17) is 0 Å². The minimum Gasteiger partial charge on any atom is -0.469 e. The van der Waals surface area contributed by atoms with Gasteiger partial charge in [0.2, 0.25) is 0 Å². The highest BCUT2D eigenvalue weighted by Crippen LogP contribution is 1.95. The molecule has 120 valence electrons. The molecule has 0 radical (unpaired) electrons. The lowest BCUT2D eigenvalue weighted by molar-refractivity contribution is -0.140. The predicted molar refractivity (Wildman–Crippen MR) is 84.0 cm³/mol. The predicted octanol–water partition coefficient (Wildman–Crippen LogP) is 1.19. The van der Waals surface area contributed by atoms with E-state index in [1.54, 1.807) is 0 Å². The van der Waals surface area contributed by atoms with Gasteiger partial charge in [0.05, 0.1) is 13.5 Å². The zero-order valence-corrected chi connectivity index (χ0v) is 13.8. The highest BCUT2D eigenvalue weighted by atomic mass is 16.5. The van der Waals surface area contributed by atoms with E-state index in [-0.39, 0.29) is 5.97 Å². The number of hydrogen-bond donors (Lipinski definition) is 1. The van der Waals surface area contributed by atoms with Crippen molar-refractivity contribution in [3.63, 3.8) is 0 Å². The van der Waals surface area contributed by atoms with Crippen molar-refractivity contribution in [1.29, 1.82) is 0 Å². The lowest BCUT2D eigenvalue weighted by atomic mass is 10.3. The third-order valence-electron chi connectivity index (χ3n) is 3.28. The Kier molecular flexibility index (Phi) is 12.9. The van der Waals surface area contributed by atoms with Gasteiger partial charge in [0.25, 0.3) is 0 Å². The Bertz CT molecular complexity index is 231. The van der Waals surface area contributed by atoms with Crippen molar-refractivity contribution in [2.24, 2.45) is 0 Å². The number of nitrogens with one attached hydrogen (secondary N) is 1. The summed E-state index contributed by atoms with van der Waals surface area (Å²) in [5.74, 6) is -0.152. The Morgan fingerprint density at radius 1 is 1.00 bits per heavy atom. The van der Waals surface area contributed by atoms with Gasteiger partial charge >= 0.3 is 5.97 Å². The molecule has 0 heterocycles. The highest BCUT2D eigenvalue weighted by Gasteiger charge is 2.05. The van der Waals surface area contributed by atoms with E-state index in [0.717, 1.165) is 26.2 Å². The van der Waals surface area contributed by atoms with Crippen molar-refractivity contribution < 1.29 is 9.53 Å². The standard InChI is InChI=1S/C15H33N3O2/c1-5-10-18(11-6-2)14-13-17(3)12-9-16-8-7-15(19)20-4/h16H,5-14H2,1-4H3. The zero-order chi connectivity index (χ0) is 15.2. The lowest BCUT2D eigenvalue weighted by Crippen LogP contribution is -2.37. The minimum atomic E-state index is -0.152. The van der Waals surface area contributed by atoms with E-state index < -0.39 is 0 Å². The Hall–Kier alpha value is -0.650. The average Bonchev–Trinajstić information content (AvgIpc) is 2.44. The van der Waals surface area contributed by atoms with Crippen LogP contribution >= 0.6 is 0 Å². The van der Waals surface area contributed by atoms with Crippen LogP contribution in [-0.4, -0.2) is 75.7 Å². The summed E-state index contributed by atoms with van der Waals surface area (Å²) in [6.45, 7) is 11.7. The number of likely N-dealkylation sites (N-methyl/N-ethyl adjacent to an activating group) is 1. The smallest absolute Gasteiger partial charge is 0.306 e. The summed E-state index contributed by atoms with van der Waals surface area (Å²) in [5.41, 5.74) is 0. The van der Waals surface area contributed by atoms with E-state index in [9.17, 15) is 4.79 Å². The van der Waals surface area contributed by atoms with Crippen LogP contribution in [0.15, 0.2) is 0 Å². The molecule has 0 rings (SSSR count). The number of ether oxygens (including phenoxy) is 1. The first-order valence-electron chi connectivity index (χ1n) is 7.82. The summed E-state index contributed by atoms with van der Waals surface area (Å²) in [6, 6.07) is 0. The molecule has 0 aliphatic rings. The van der Waals surface area contributed by atoms with Crippen LogP contribution < -0.4 is 5.32 Å². The van der Waals surface area contributed by atoms with Crippen molar-refractivity contribution in [3.05, 3.63) is 0 Å². The van der Waals surface area contributed by atoms with Crippen LogP contribution in [0.5, 0.6) is 0 Å². The molecule has 20 heavy (non-hydrogen) atoms. The minimum absolute atomic E-state index is 0.152. The first-order chi connectivity index (χ1) is 9.63. The second-order valence-corrected chi connectivity index (χ2v) is 5.22. The molecule has 0 atom stereocenters. The van der Waals surface area contributed by atoms with Gasteiger partial charge in [-0.15, -0.1) is 0 Å². The molecule has 5 heteroatoms. The van der Waals surface area contributed by atoms with Crippen molar-refractivity contribution in [3.8, 4) is 0 Å². The number of methoxy groups -OCH3 is 1. The second kappa shape index (κ2) is 13.3. The largest absolute Gasteiger partial charge is 0.469 e. The van der Waals surface area contributed by atoms with Crippen molar-refractivity contribution in [1.82, 2.24) is 15.1 Å². The van der Waals surface area contributed by atoms with Crippen LogP contribution in [0.3, 0.4) is 0 Å². The Morgan fingerprint density at radius 2 is 1.65 bits per heavy atom. The van der Waals surface area contributed by atoms with Gasteiger partial charge in [-0.25, -0.2) is 0 Å². The first kappa shape index (κ1) is 19.4. The Morgan fingerprint density at radius 3 is 2.20 bits per heavy atom. The number of carbonyl (C=O) groups is 1. The van der Waals surface area contributed by atoms with Gasteiger partial charge in [-0.05, 0) is 33.0 Å². The first-order valence-corrected chi connectivity index (χ1v) is 7.82. The summed E-state index contributed by atoms with van der Waals surface area (Å²) in [4.78, 5) is 15.8. The van der Waals surface area contributed by atoms with Gasteiger partial charge in [0.1, 0.15) is 0 Å². The normalized spacial score (nSPS) is 11.3. The maximum Gasteiger partial charge on any atom is 0.306 e. The van der Waals surface area contributed by atoms with E-state index in [1.165, 1.54) is 33.0 Å². The van der Waals surface area contributed by atoms with Crippen molar-refractivity contribution >= 4 is 5.97 Å². The molecule has 0 aliphatic heterocycles. The zero-order valence-electron chi connectivity index (χ0n) is 13.8. The fourth-order valence-corrected chi connectivity index (χ4v) is 2.08. The average molecular weight is 287 g/mol. The molecule has 0 aromatic rings. The molecule has 0 aliphatic carbocycles. The summed E-state index contributed by atoms with van der Waals surface area (Å²) in [7, 11) is 3.58. The number of esters is 1. The van der Waals surface area contributed by atoms with Crippen molar-refractivity contribution in [2.45, 2.75) is 33.1 Å². The van der Waals surface area contributed by atoms with Crippen LogP contribution in [-0.2, 0) is 9.53 Å². The van der Waals surface area contributed by atoms with Gasteiger partial charge < -0.3 is 19.9 Å². The van der Waals surface area contributed by atoms with E-state index in [1.807, 2.05) is 0 Å². The molecule has 0 aromatic heterocycles. The fourth-order valence-electron chi connectivity index (χ4n) is 2.08. The topological polar surface area (TPSA) is 44.8 Å². The SMILES string of the molecule is CCCN(CCC)CCN(C)CCNCCC(=O)OC. The van der Waals surface area contributed by atoms with Gasteiger partial charge in [0.15, 0.2) is 0 Å². The molecule has 5 nitrogen and oxygen atoms in total. The molecule has 0 saturated carbocycles. The quantitative estimate of drug-likeness (QED) is 0.407. The maximum absolute atomic E-state index is 10.9. The summed E-state index contributed by atoms with van der Waals surface area (Å²) in [5, 5.41) is 3.26. The van der Waals surface area contributed by atoms with E-state index >= 15 is 0 Å². The molecule has 0 spiro atoms. The van der Waals surface area contributed by atoms with Crippen LogP contribution in [0.25, 0.3) is 0 Å². The number of nitrogens with zero attached hydrogens (tertiary/aromatic N) is 2. The molecule has 0 unspecified atom stereocenters. The summed E-state index contributed by atoms with van der Waals surface area (Å²) < 4.78 is 4.59.